The molecule has 0 aliphatic heterocycles. The molecule has 0 aliphatic carbocycles. The number of ether oxygens (including phenoxy) is 1. The van der Waals surface area contributed by atoms with Gasteiger partial charge < -0.3 is 9.64 Å². The van der Waals surface area contributed by atoms with Crippen molar-refractivity contribution >= 4 is 5.69 Å². The quantitative estimate of drug-likeness (QED) is 0.584. The second kappa shape index (κ2) is 6.78. The summed E-state index contributed by atoms with van der Waals surface area (Å²) in [5, 5.41) is 0. The lowest BCUT2D eigenvalue weighted by Gasteiger charge is -2.10. The van der Waals surface area contributed by atoms with Crippen LogP contribution in [0.2, 0.25) is 0 Å². The van der Waals surface area contributed by atoms with Gasteiger partial charge in [0, 0.05) is 38.3 Å². The predicted molar refractivity (Wildman–Crippen MR) is 77.5 cm³/mol. The molecule has 2 aromatic rings. The van der Waals surface area contributed by atoms with Gasteiger partial charge in [-0.05, 0) is 12.1 Å². The van der Waals surface area contributed by atoms with Crippen LogP contribution in [0.1, 0.15) is 6.42 Å². The van der Waals surface area contributed by atoms with E-state index in [9.17, 15) is 0 Å². The molecule has 3 heteroatoms. The summed E-state index contributed by atoms with van der Waals surface area (Å²) in [6, 6.07) is 14.2. The zero-order valence-electron chi connectivity index (χ0n) is 11.6. The molecule has 0 aliphatic rings. The molecule has 0 bridgehead atoms. The molecule has 0 unspecified atom stereocenters. The molecule has 0 N–H and O–H groups in total. The lowest BCUT2D eigenvalue weighted by Crippen LogP contribution is -2.33. The van der Waals surface area contributed by atoms with E-state index in [4.69, 9.17) is 4.74 Å². The maximum absolute atomic E-state index is 5.67. The molecule has 1 aromatic heterocycles. The van der Waals surface area contributed by atoms with Gasteiger partial charge in [0.25, 0.3) is 0 Å². The third kappa shape index (κ3) is 4.28. The molecule has 0 fully saturated rings. The van der Waals surface area contributed by atoms with Gasteiger partial charge in [0.15, 0.2) is 18.9 Å². The summed E-state index contributed by atoms with van der Waals surface area (Å²) in [7, 11) is 4.10. The van der Waals surface area contributed by atoms with Crippen LogP contribution >= 0.6 is 0 Å². The van der Waals surface area contributed by atoms with E-state index in [2.05, 4.69) is 34.0 Å². The zero-order chi connectivity index (χ0) is 13.5. The Morgan fingerprint density at radius 1 is 1.00 bits per heavy atom. The fourth-order valence-corrected chi connectivity index (χ4v) is 1.85. The van der Waals surface area contributed by atoms with E-state index in [-0.39, 0.29) is 0 Å². The summed E-state index contributed by atoms with van der Waals surface area (Å²) < 4.78 is 7.85. The number of para-hydroxylation sites is 1. The average Bonchev–Trinajstić information content (AvgIpc) is 2.45. The normalized spacial score (nSPS) is 10.2. The number of rotatable bonds is 6. The van der Waals surface area contributed by atoms with Gasteiger partial charge in [-0.15, -0.1) is 0 Å². The molecule has 100 valence electrons. The standard InChI is InChI=1S/C16H21N2O/c1-17(2)15-9-12-18(13-10-15)11-6-14-19-16-7-4-3-5-8-16/h3-5,7-10,12-13H,6,11,14H2,1-2H3/q+1. The number of aromatic nitrogens is 1. The Hall–Kier alpha value is -2.03. The van der Waals surface area contributed by atoms with Gasteiger partial charge in [-0.25, -0.2) is 4.57 Å². The van der Waals surface area contributed by atoms with Crippen molar-refractivity contribution in [2.75, 3.05) is 25.6 Å². The van der Waals surface area contributed by atoms with Crippen molar-refractivity contribution in [1.29, 1.82) is 0 Å². The van der Waals surface area contributed by atoms with Crippen molar-refractivity contribution in [2.24, 2.45) is 0 Å². The van der Waals surface area contributed by atoms with Crippen LogP contribution < -0.4 is 14.2 Å². The molecule has 0 saturated carbocycles. The minimum atomic E-state index is 0.743. The first-order valence-electron chi connectivity index (χ1n) is 6.60. The Balaban J connectivity index is 1.74. The first kappa shape index (κ1) is 13.4. The maximum atomic E-state index is 5.67. The fraction of sp³-hybridized carbons (Fsp3) is 0.312. The molecule has 0 spiro atoms. The van der Waals surface area contributed by atoms with E-state index < -0.39 is 0 Å². The monoisotopic (exact) mass is 257 g/mol. The van der Waals surface area contributed by atoms with E-state index in [1.807, 2.05) is 44.4 Å². The van der Waals surface area contributed by atoms with E-state index in [0.29, 0.717) is 0 Å². The van der Waals surface area contributed by atoms with Gasteiger partial charge >= 0.3 is 0 Å². The van der Waals surface area contributed by atoms with Gasteiger partial charge in [0.05, 0.1) is 6.61 Å². The number of anilines is 1. The van der Waals surface area contributed by atoms with Crippen molar-refractivity contribution in [3.63, 3.8) is 0 Å². The Morgan fingerprint density at radius 2 is 1.68 bits per heavy atom. The molecular weight excluding hydrogens is 236 g/mol. The number of benzene rings is 1. The Bertz CT molecular complexity index is 480. The summed E-state index contributed by atoms with van der Waals surface area (Å²) in [5.74, 6) is 0.940. The topological polar surface area (TPSA) is 16.4 Å². The summed E-state index contributed by atoms with van der Waals surface area (Å²) in [5.41, 5.74) is 1.22. The molecule has 2 rings (SSSR count). The Kier molecular flexibility index (Phi) is 4.78. The minimum absolute atomic E-state index is 0.743. The van der Waals surface area contributed by atoms with Crippen LogP contribution in [0.3, 0.4) is 0 Å². The molecule has 0 atom stereocenters. The molecule has 1 aromatic carbocycles. The van der Waals surface area contributed by atoms with E-state index in [1.54, 1.807) is 0 Å². The third-order valence-corrected chi connectivity index (χ3v) is 2.96. The fourth-order valence-electron chi connectivity index (χ4n) is 1.85. The van der Waals surface area contributed by atoms with E-state index in [0.717, 1.165) is 25.3 Å². The summed E-state index contributed by atoms with van der Waals surface area (Å²) in [6.45, 7) is 1.72. The van der Waals surface area contributed by atoms with Crippen LogP contribution in [0, 0.1) is 0 Å². The summed E-state index contributed by atoms with van der Waals surface area (Å²) in [4.78, 5) is 2.10. The Morgan fingerprint density at radius 3 is 2.32 bits per heavy atom. The average molecular weight is 257 g/mol. The highest BCUT2D eigenvalue weighted by atomic mass is 16.5. The predicted octanol–water partition coefficient (Wildman–Crippen LogP) is 2.51. The van der Waals surface area contributed by atoms with Crippen molar-refractivity contribution in [2.45, 2.75) is 13.0 Å². The second-order valence-corrected chi connectivity index (χ2v) is 4.70. The largest absolute Gasteiger partial charge is 0.493 e. The van der Waals surface area contributed by atoms with Crippen LogP contribution in [0.5, 0.6) is 5.75 Å². The van der Waals surface area contributed by atoms with Crippen LogP contribution in [-0.2, 0) is 6.54 Å². The number of hydrogen-bond acceptors (Lipinski definition) is 2. The van der Waals surface area contributed by atoms with E-state index >= 15 is 0 Å². The highest BCUT2D eigenvalue weighted by molar-refractivity contribution is 5.41. The van der Waals surface area contributed by atoms with Crippen molar-refractivity contribution in [3.8, 4) is 5.75 Å². The molecule has 19 heavy (non-hydrogen) atoms. The highest BCUT2D eigenvalue weighted by Crippen LogP contribution is 2.08. The zero-order valence-corrected chi connectivity index (χ0v) is 11.6. The summed E-state index contributed by atoms with van der Waals surface area (Å²) in [6.07, 6.45) is 5.22. The first-order valence-corrected chi connectivity index (χ1v) is 6.60. The summed E-state index contributed by atoms with van der Waals surface area (Å²) >= 11 is 0. The molecular formula is C16H21N2O+. The van der Waals surface area contributed by atoms with Gasteiger partial charge in [-0.3, -0.25) is 0 Å². The number of hydrogen-bond donors (Lipinski definition) is 0. The first-order chi connectivity index (χ1) is 9.25. The molecule has 0 amide bonds. The van der Waals surface area contributed by atoms with Gasteiger partial charge in [0.2, 0.25) is 0 Å². The third-order valence-electron chi connectivity index (χ3n) is 2.96. The molecule has 1 heterocycles. The maximum Gasteiger partial charge on any atom is 0.170 e. The van der Waals surface area contributed by atoms with Gasteiger partial charge in [-0.2, -0.15) is 0 Å². The molecule has 0 saturated heterocycles. The van der Waals surface area contributed by atoms with Crippen molar-refractivity contribution in [3.05, 3.63) is 54.9 Å². The highest BCUT2D eigenvalue weighted by Gasteiger charge is 2.02. The molecule has 3 nitrogen and oxygen atoms in total. The Labute approximate surface area is 115 Å². The van der Waals surface area contributed by atoms with Crippen LogP contribution in [0.15, 0.2) is 54.9 Å². The SMILES string of the molecule is CN(C)c1cc[n+](CCCOc2ccccc2)cc1. The molecule has 0 radical (unpaired) electrons. The lowest BCUT2D eigenvalue weighted by molar-refractivity contribution is -0.697. The minimum Gasteiger partial charge on any atom is -0.493 e. The van der Waals surface area contributed by atoms with Crippen LogP contribution in [0.4, 0.5) is 5.69 Å². The van der Waals surface area contributed by atoms with Crippen molar-refractivity contribution < 1.29 is 9.30 Å². The van der Waals surface area contributed by atoms with Crippen LogP contribution in [-0.4, -0.2) is 20.7 Å². The number of pyridine rings is 1. The lowest BCUT2D eigenvalue weighted by atomic mass is 10.3. The van der Waals surface area contributed by atoms with E-state index in [1.165, 1.54) is 5.69 Å². The van der Waals surface area contributed by atoms with Crippen LogP contribution in [0.25, 0.3) is 0 Å². The number of nitrogens with zero attached hydrogens (tertiary/aromatic N) is 2. The number of aryl methyl sites for hydroxylation is 1. The smallest absolute Gasteiger partial charge is 0.170 e. The second-order valence-electron chi connectivity index (χ2n) is 4.70. The van der Waals surface area contributed by atoms with Gasteiger partial charge in [-0.1, -0.05) is 18.2 Å². The van der Waals surface area contributed by atoms with Crippen molar-refractivity contribution in [1.82, 2.24) is 0 Å². The van der Waals surface area contributed by atoms with Gasteiger partial charge in [0.1, 0.15) is 5.75 Å².